The molecule has 0 spiro atoms. The van der Waals surface area contributed by atoms with E-state index < -0.39 is 6.30 Å². The molecule has 3 rings (SSSR count). The molecule has 104 valence electrons. The Morgan fingerprint density at radius 3 is 2.70 bits per heavy atom. The van der Waals surface area contributed by atoms with Gasteiger partial charge in [-0.25, -0.2) is 0 Å². The molecule has 1 aromatic carbocycles. The molecule has 1 aromatic heterocycles. The van der Waals surface area contributed by atoms with Gasteiger partial charge in [0.15, 0.2) is 0 Å². The van der Waals surface area contributed by atoms with Crippen molar-refractivity contribution < 1.29 is 13.2 Å². The maximum absolute atomic E-state index is 12.5. The van der Waals surface area contributed by atoms with Gasteiger partial charge in [-0.3, -0.25) is 4.99 Å². The summed E-state index contributed by atoms with van der Waals surface area (Å²) < 4.78 is 37.7. The number of nitrogens with zero attached hydrogens (tertiary/aromatic N) is 3. The van der Waals surface area contributed by atoms with Crippen LogP contribution in [0.3, 0.4) is 0 Å². The van der Waals surface area contributed by atoms with Crippen molar-refractivity contribution in [3.63, 3.8) is 0 Å². The molecule has 0 aliphatic carbocycles. The van der Waals surface area contributed by atoms with Gasteiger partial charge in [-0.1, -0.05) is 24.3 Å². The summed E-state index contributed by atoms with van der Waals surface area (Å²) in [5, 5.41) is 3.37. The Morgan fingerprint density at radius 2 is 2.00 bits per heavy atom. The molecule has 2 aromatic rings. The number of aliphatic imine (C=N–C) groups is 1. The maximum Gasteiger partial charge on any atom is 0.504 e. The third kappa shape index (κ3) is 2.21. The molecular weight excluding hydrogens is 267 g/mol. The van der Waals surface area contributed by atoms with E-state index in [0.717, 1.165) is 23.0 Å². The first-order valence-corrected chi connectivity index (χ1v) is 6.19. The number of fused-ring (bicyclic) bond motifs is 1. The molecule has 0 N–H and O–H groups in total. The van der Waals surface area contributed by atoms with E-state index in [-0.39, 0.29) is 10.7 Å². The normalized spacial score (nSPS) is 18.6. The van der Waals surface area contributed by atoms with E-state index in [4.69, 9.17) is 0 Å². The van der Waals surface area contributed by atoms with Crippen LogP contribution in [-0.2, 0) is 12.7 Å². The second-order valence-electron chi connectivity index (χ2n) is 4.78. The number of halogens is 3. The van der Waals surface area contributed by atoms with Crippen LogP contribution in [0.1, 0.15) is 29.7 Å². The smallest absolute Gasteiger partial charge is 0.281 e. The second-order valence-corrected chi connectivity index (χ2v) is 4.78. The van der Waals surface area contributed by atoms with Crippen LogP contribution in [0, 0.1) is 0 Å². The summed E-state index contributed by atoms with van der Waals surface area (Å²) in [6, 6.07) is 7.51. The zero-order chi connectivity index (χ0) is 14.3. The fraction of sp³-hybridized carbons (Fsp3) is 0.286. The minimum Gasteiger partial charge on any atom is -0.281 e. The van der Waals surface area contributed by atoms with Crippen LogP contribution in [-0.4, -0.2) is 15.5 Å². The minimum atomic E-state index is -4.48. The molecule has 3 nitrogen and oxygen atoms in total. The molecule has 6 heteroatoms. The molecular formula is C14H12F3N3. The molecule has 0 saturated heterocycles. The largest absolute Gasteiger partial charge is 0.504 e. The van der Waals surface area contributed by atoms with Gasteiger partial charge in [-0.2, -0.15) is 9.78 Å². The van der Waals surface area contributed by atoms with Gasteiger partial charge in [0, 0.05) is 17.5 Å². The first-order valence-electron chi connectivity index (χ1n) is 6.19. The average Bonchev–Trinajstić information content (AvgIpc) is 2.88. The van der Waals surface area contributed by atoms with Crippen LogP contribution < -0.4 is 0 Å². The lowest BCUT2D eigenvalue weighted by atomic mass is 9.92. The van der Waals surface area contributed by atoms with E-state index in [1.807, 2.05) is 31.2 Å². The zero-order valence-electron chi connectivity index (χ0n) is 10.7. The number of hydrogen-bond acceptors (Lipinski definition) is 2. The van der Waals surface area contributed by atoms with Crippen LogP contribution in [0.25, 0.3) is 0 Å². The highest BCUT2D eigenvalue weighted by molar-refractivity contribution is 6.00. The number of alkyl halides is 3. The number of aromatic nitrogens is 2. The summed E-state index contributed by atoms with van der Waals surface area (Å²) in [5.74, 6) is 0. The summed E-state index contributed by atoms with van der Waals surface area (Å²) in [4.78, 5) is 4.49. The van der Waals surface area contributed by atoms with E-state index in [9.17, 15) is 13.2 Å². The Kier molecular flexibility index (Phi) is 2.88. The number of rotatable bonds is 1. The quantitative estimate of drug-likeness (QED) is 0.786. The lowest BCUT2D eigenvalue weighted by Gasteiger charge is -2.21. The fourth-order valence-corrected chi connectivity index (χ4v) is 2.45. The standard InChI is InChI=1S/C14H12F3N3/c1-9-12-5-3-2-4-10(12)6-13(19-9)11-7-18-20(8-11)14(15,16)17/h2-5,7-8,13H,6H2,1H3. The minimum absolute atomic E-state index is 0.0215. The highest BCUT2D eigenvalue weighted by Crippen LogP contribution is 2.31. The molecule has 0 saturated carbocycles. The molecule has 1 atom stereocenters. The molecule has 1 aliphatic heterocycles. The van der Waals surface area contributed by atoms with Gasteiger partial charge < -0.3 is 0 Å². The molecule has 1 unspecified atom stereocenters. The van der Waals surface area contributed by atoms with Crippen LogP contribution in [0.2, 0.25) is 0 Å². The van der Waals surface area contributed by atoms with Crippen molar-refractivity contribution in [2.45, 2.75) is 25.7 Å². The SMILES string of the molecule is CC1=NC(c2cnn(C(F)(F)F)c2)Cc2ccccc21. The van der Waals surface area contributed by atoms with Crippen molar-refractivity contribution in [1.82, 2.24) is 9.78 Å². The van der Waals surface area contributed by atoms with Gasteiger partial charge in [0.25, 0.3) is 0 Å². The first-order chi connectivity index (χ1) is 9.45. The summed E-state index contributed by atoms with van der Waals surface area (Å²) in [7, 11) is 0. The molecule has 0 fully saturated rings. The maximum atomic E-state index is 12.5. The average molecular weight is 279 g/mol. The number of benzene rings is 1. The Labute approximate surface area is 113 Å². The third-order valence-corrected chi connectivity index (χ3v) is 3.42. The molecule has 2 heterocycles. The van der Waals surface area contributed by atoms with Crippen molar-refractivity contribution in [3.8, 4) is 0 Å². The Bertz CT molecular complexity index is 670. The summed E-state index contributed by atoms with van der Waals surface area (Å²) in [6.45, 7) is 1.87. The fourth-order valence-electron chi connectivity index (χ4n) is 2.45. The second kappa shape index (κ2) is 4.47. The zero-order valence-corrected chi connectivity index (χ0v) is 10.7. The molecule has 20 heavy (non-hydrogen) atoms. The molecule has 0 amide bonds. The Balaban J connectivity index is 1.94. The van der Waals surface area contributed by atoms with E-state index in [1.165, 1.54) is 6.20 Å². The highest BCUT2D eigenvalue weighted by Gasteiger charge is 2.32. The lowest BCUT2D eigenvalue weighted by molar-refractivity contribution is -0.212. The number of hydrogen-bond donors (Lipinski definition) is 0. The van der Waals surface area contributed by atoms with Gasteiger partial charge in [-0.15, -0.1) is 13.2 Å². The van der Waals surface area contributed by atoms with E-state index in [1.54, 1.807) is 0 Å². The lowest BCUT2D eigenvalue weighted by Crippen LogP contribution is -2.17. The van der Waals surface area contributed by atoms with Gasteiger partial charge in [-0.05, 0) is 24.5 Å². The van der Waals surface area contributed by atoms with Crippen molar-refractivity contribution in [1.29, 1.82) is 0 Å². The van der Waals surface area contributed by atoms with Crippen molar-refractivity contribution in [3.05, 3.63) is 53.3 Å². The summed E-state index contributed by atoms with van der Waals surface area (Å²) in [6.07, 6.45) is -1.64. The highest BCUT2D eigenvalue weighted by atomic mass is 19.4. The first kappa shape index (κ1) is 12.9. The van der Waals surface area contributed by atoms with Crippen molar-refractivity contribution in [2.75, 3.05) is 0 Å². The van der Waals surface area contributed by atoms with Crippen molar-refractivity contribution in [2.24, 2.45) is 4.99 Å². The third-order valence-electron chi connectivity index (χ3n) is 3.42. The predicted molar refractivity (Wildman–Crippen MR) is 68.6 cm³/mol. The topological polar surface area (TPSA) is 30.2 Å². The molecule has 0 radical (unpaired) electrons. The van der Waals surface area contributed by atoms with Gasteiger partial charge in [0.2, 0.25) is 0 Å². The van der Waals surface area contributed by atoms with E-state index in [0.29, 0.717) is 12.0 Å². The monoisotopic (exact) mass is 279 g/mol. The molecule has 1 aliphatic rings. The molecule has 0 bridgehead atoms. The van der Waals surface area contributed by atoms with Crippen LogP contribution in [0.5, 0.6) is 0 Å². The van der Waals surface area contributed by atoms with Crippen LogP contribution in [0.4, 0.5) is 13.2 Å². The van der Waals surface area contributed by atoms with Crippen LogP contribution in [0.15, 0.2) is 41.7 Å². The predicted octanol–water partition coefficient (Wildman–Crippen LogP) is 3.47. The van der Waals surface area contributed by atoms with Crippen LogP contribution >= 0.6 is 0 Å². The van der Waals surface area contributed by atoms with E-state index >= 15 is 0 Å². The van der Waals surface area contributed by atoms with Gasteiger partial charge in [0.1, 0.15) is 0 Å². The van der Waals surface area contributed by atoms with Crippen molar-refractivity contribution >= 4 is 5.71 Å². The van der Waals surface area contributed by atoms with Gasteiger partial charge >= 0.3 is 6.30 Å². The summed E-state index contributed by atoms with van der Waals surface area (Å²) in [5.41, 5.74) is 3.49. The Morgan fingerprint density at radius 1 is 1.25 bits per heavy atom. The van der Waals surface area contributed by atoms with Gasteiger partial charge in [0.05, 0.1) is 12.2 Å². The summed E-state index contributed by atoms with van der Waals surface area (Å²) >= 11 is 0. The Hall–Kier alpha value is -2.11. The van der Waals surface area contributed by atoms with E-state index in [2.05, 4.69) is 10.1 Å².